The largest absolute Gasteiger partial charge is 0.481 e. The summed E-state index contributed by atoms with van der Waals surface area (Å²) in [6.45, 7) is 5.68. The van der Waals surface area contributed by atoms with Gasteiger partial charge in [0.25, 0.3) is 0 Å². The number of rotatable bonds is 2. The molecule has 0 aromatic heterocycles. The highest BCUT2D eigenvalue weighted by Gasteiger charge is 2.44. The Balaban J connectivity index is 2.08. The molecule has 0 spiro atoms. The van der Waals surface area contributed by atoms with Gasteiger partial charge in [-0.25, -0.2) is 0 Å². The fraction of sp³-hybridized carbons (Fsp3) is 0.588. The monoisotopic (exact) mass is 290 g/mol. The van der Waals surface area contributed by atoms with Crippen LogP contribution in [0, 0.1) is 6.92 Å². The summed E-state index contributed by atoms with van der Waals surface area (Å²) < 4.78 is 11.5. The molecule has 3 rings (SSSR count). The van der Waals surface area contributed by atoms with Crippen molar-refractivity contribution >= 4 is 5.97 Å². The Kier molecular flexibility index (Phi) is 3.15. The van der Waals surface area contributed by atoms with Crippen LogP contribution in [0.15, 0.2) is 12.1 Å². The van der Waals surface area contributed by atoms with E-state index in [-0.39, 0.29) is 0 Å². The molecule has 1 aliphatic carbocycles. The lowest BCUT2D eigenvalue weighted by atomic mass is 9.68. The SMILES string of the molecule is Cc1cc2c(cc1C1(C(=O)O)CCCCC1)OC(C)(C)O2. The maximum absolute atomic E-state index is 12.0. The molecule has 4 nitrogen and oxygen atoms in total. The third-order valence-electron chi connectivity index (χ3n) is 4.63. The highest BCUT2D eigenvalue weighted by atomic mass is 16.7. The standard InChI is InChI=1S/C17H22O4/c1-11-9-13-14(21-16(2,3)20-13)10-12(11)17(15(18)19)7-5-4-6-8-17/h9-10H,4-8H2,1-3H3,(H,18,19). The quantitative estimate of drug-likeness (QED) is 0.900. The van der Waals surface area contributed by atoms with Gasteiger partial charge in [0.05, 0.1) is 5.41 Å². The minimum Gasteiger partial charge on any atom is -0.481 e. The van der Waals surface area contributed by atoms with E-state index in [4.69, 9.17) is 9.47 Å². The van der Waals surface area contributed by atoms with E-state index >= 15 is 0 Å². The van der Waals surface area contributed by atoms with Crippen LogP contribution in [0.3, 0.4) is 0 Å². The summed E-state index contributed by atoms with van der Waals surface area (Å²) in [6.07, 6.45) is 4.45. The Morgan fingerprint density at radius 1 is 1.10 bits per heavy atom. The maximum Gasteiger partial charge on any atom is 0.314 e. The third kappa shape index (κ3) is 2.27. The van der Waals surface area contributed by atoms with Crippen molar-refractivity contribution < 1.29 is 19.4 Å². The number of carboxylic acids is 1. The predicted molar refractivity (Wildman–Crippen MR) is 78.9 cm³/mol. The van der Waals surface area contributed by atoms with Gasteiger partial charge in [-0.2, -0.15) is 0 Å². The molecule has 0 saturated heterocycles. The zero-order valence-electron chi connectivity index (χ0n) is 12.9. The number of benzene rings is 1. The van der Waals surface area contributed by atoms with Crippen molar-refractivity contribution in [3.63, 3.8) is 0 Å². The Morgan fingerprint density at radius 2 is 1.67 bits per heavy atom. The molecule has 114 valence electrons. The van der Waals surface area contributed by atoms with E-state index in [9.17, 15) is 9.90 Å². The van der Waals surface area contributed by atoms with Crippen molar-refractivity contribution in [1.82, 2.24) is 0 Å². The first-order chi connectivity index (χ1) is 9.84. The second kappa shape index (κ2) is 4.65. The van der Waals surface area contributed by atoms with Crippen LogP contribution in [-0.2, 0) is 10.2 Å². The van der Waals surface area contributed by atoms with Crippen molar-refractivity contribution in [2.24, 2.45) is 0 Å². The number of fused-ring (bicyclic) bond motifs is 1. The second-order valence-corrected chi connectivity index (χ2v) is 6.67. The Labute approximate surface area is 125 Å². The average Bonchev–Trinajstić information content (AvgIpc) is 2.71. The molecule has 2 aliphatic rings. The van der Waals surface area contributed by atoms with E-state index in [0.717, 1.165) is 30.4 Å². The lowest BCUT2D eigenvalue weighted by molar-refractivity contribution is -0.145. The van der Waals surface area contributed by atoms with Crippen molar-refractivity contribution in [3.05, 3.63) is 23.3 Å². The van der Waals surface area contributed by atoms with E-state index in [1.807, 2.05) is 32.9 Å². The highest BCUT2D eigenvalue weighted by Crippen LogP contribution is 2.47. The van der Waals surface area contributed by atoms with Crippen molar-refractivity contribution in [3.8, 4) is 11.5 Å². The van der Waals surface area contributed by atoms with Crippen molar-refractivity contribution in [1.29, 1.82) is 0 Å². The van der Waals surface area contributed by atoms with E-state index in [0.29, 0.717) is 24.3 Å². The van der Waals surface area contributed by atoms with Gasteiger partial charge in [0.2, 0.25) is 5.79 Å². The molecule has 0 radical (unpaired) electrons. The predicted octanol–water partition coefficient (Wildman–Crippen LogP) is 3.79. The topological polar surface area (TPSA) is 55.8 Å². The smallest absolute Gasteiger partial charge is 0.314 e. The van der Waals surface area contributed by atoms with Crippen LogP contribution in [0.5, 0.6) is 11.5 Å². The van der Waals surface area contributed by atoms with Gasteiger partial charge >= 0.3 is 5.97 Å². The zero-order valence-corrected chi connectivity index (χ0v) is 12.9. The first-order valence-electron chi connectivity index (χ1n) is 7.61. The molecule has 1 saturated carbocycles. The summed E-state index contributed by atoms with van der Waals surface area (Å²) >= 11 is 0. The van der Waals surface area contributed by atoms with Crippen molar-refractivity contribution in [2.45, 2.75) is 64.1 Å². The summed E-state index contributed by atoms with van der Waals surface area (Å²) in [5.74, 6) is -0.0380. The van der Waals surface area contributed by atoms with Gasteiger partial charge in [0.15, 0.2) is 11.5 Å². The second-order valence-electron chi connectivity index (χ2n) is 6.67. The van der Waals surface area contributed by atoms with E-state index in [1.54, 1.807) is 0 Å². The summed E-state index contributed by atoms with van der Waals surface area (Å²) in [7, 11) is 0. The van der Waals surface area contributed by atoms with Gasteiger partial charge in [0.1, 0.15) is 0 Å². The lowest BCUT2D eigenvalue weighted by Crippen LogP contribution is -2.38. The number of ether oxygens (including phenoxy) is 2. The molecule has 0 amide bonds. The summed E-state index contributed by atoms with van der Waals surface area (Å²) in [5.41, 5.74) is 1.09. The Hall–Kier alpha value is -1.71. The van der Waals surface area contributed by atoms with E-state index < -0.39 is 17.2 Å². The zero-order chi connectivity index (χ0) is 15.3. The molecule has 0 bridgehead atoms. The molecule has 1 heterocycles. The van der Waals surface area contributed by atoms with Gasteiger partial charge in [-0.05, 0) is 43.0 Å². The van der Waals surface area contributed by atoms with Gasteiger partial charge in [-0.3, -0.25) is 4.79 Å². The molecule has 0 unspecified atom stereocenters. The van der Waals surface area contributed by atoms with Crippen LogP contribution in [0.1, 0.15) is 57.1 Å². The van der Waals surface area contributed by atoms with E-state index in [1.165, 1.54) is 0 Å². The molecular formula is C17H22O4. The molecule has 0 atom stereocenters. The Bertz CT molecular complexity index is 583. The Morgan fingerprint density at radius 3 is 2.24 bits per heavy atom. The number of aliphatic carboxylic acids is 1. The summed E-state index contributed by atoms with van der Waals surface area (Å²) in [6, 6.07) is 3.80. The molecule has 1 fully saturated rings. The number of hydrogen-bond donors (Lipinski definition) is 1. The molecule has 1 aromatic rings. The lowest BCUT2D eigenvalue weighted by Gasteiger charge is -2.34. The molecule has 4 heteroatoms. The average molecular weight is 290 g/mol. The number of carboxylic acid groups (broad SMARTS) is 1. The molecule has 1 aromatic carbocycles. The number of aryl methyl sites for hydroxylation is 1. The van der Waals surface area contributed by atoms with Crippen LogP contribution >= 0.6 is 0 Å². The highest BCUT2D eigenvalue weighted by molar-refractivity contribution is 5.82. The normalized spacial score (nSPS) is 22.0. The minimum absolute atomic E-state index is 0.659. The van der Waals surface area contributed by atoms with Crippen LogP contribution < -0.4 is 9.47 Å². The van der Waals surface area contributed by atoms with Gasteiger partial charge in [-0.1, -0.05) is 19.3 Å². The fourth-order valence-corrected chi connectivity index (χ4v) is 3.64. The van der Waals surface area contributed by atoms with Crippen LogP contribution in [0.2, 0.25) is 0 Å². The van der Waals surface area contributed by atoms with Crippen molar-refractivity contribution in [2.75, 3.05) is 0 Å². The van der Waals surface area contributed by atoms with Crippen LogP contribution in [-0.4, -0.2) is 16.9 Å². The fourth-order valence-electron chi connectivity index (χ4n) is 3.64. The summed E-state index contributed by atoms with van der Waals surface area (Å²) in [5, 5.41) is 9.85. The van der Waals surface area contributed by atoms with E-state index in [2.05, 4.69) is 0 Å². The first-order valence-corrected chi connectivity index (χ1v) is 7.61. The first kappa shape index (κ1) is 14.2. The van der Waals surface area contributed by atoms with Gasteiger partial charge < -0.3 is 14.6 Å². The van der Waals surface area contributed by atoms with Crippen LogP contribution in [0.25, 0.3) is 0 Å². The van der Waals surface area contributed by atoms with Gasteiger partial charge in [-0.15, -0.1) is 0 Å². The molecule has 21 heavy (non-hydrogen) atoms. The maximum atomic E-state index is 12.0. The summed E-state index contributed by atoms with van der Waals surface area (Å²) in [4.78, 5) is 12.0. The number of hydrogen-bond acceptors (Lipinski definition) is 3. The molecule has 1 aliphatic heterocycles. The number of carbonyl (C=O) groups is 1. The van der Waals surface area contributed by atoms with Crippen LogP contribution in [0.4, 0.5) is 0 Å². The molecular weight excluding hydrogens is 268 g/mol. The molecule has 1 N–H and O–H groups in total. The third-order valence-corrected chi connectivity index (χ3v) is 4.63. The van der Waals surface area contributed by atoms with Gasteiger partial charge in [0, 0.05) is 13.8 Å². The minimum atomic E-state index is -0.770.